The van der Waals surface area contributed by atoms with Gasteiger partial charge in [0.15, 0.2) is 0 Å². The molecule has 2 aliphatic heterocycles. The number of hydrogen-bond acceptors (Lipinski definition) is 3. The van der Waals surface area contributed by atoms with Gasteiger partial charge in [0.25, 0.3) is 5.91 Å². The topological polar surface area (TPSA) is 40.6 Å². The molecule has 4 nitrogen and oxygen atoms in total. The van der Waals surface area contributed by atoms with Crippen LogP contribution < -0.4 is 4.90 Å². The van der Waals surface area contributed by atoms with E-state index in [9.17, 15) is 9.59 Å². The molecule has 2 fully saturated rings. The van der Waals surface area contributed by atoms with Gasteiger partial charge in [-0.3, -0.25) is 14.5 Å². The number of benzene rings is 1. The van der Waals surface area contributed by atoms with E-state index in [1.54, 1.807) is 4.90 Å². The standard InChI is InChI=1S/C18H22N2O2/c21-17-12-16(18(22)20(17)14-7-2-1-3-8-14)19-11-10-13-6-4-5-9-15(13)19/h4-6,9,14,16H,1-3,7-8,10-12H2/t16-/m1/s1. The number of carbonyl (C=O) groups is 2. The fourth-order valence-corrected chi connectivity index (χ4v) is 4.29. The quantitative estimate of drug-likeness (QED) is 0.788. The fourth-order valence-electron chi connectivity index (χ4n) is 4.29. The monoisotopic (exact) mass is 298 g/mol. The summed E-state index contributed by atoms with van der Waals surface area (Å²) in [5.41, 5.74) is 2.43. The Bertz CT molecular complexity index is 607. The van der Waals surface area contributed by atoms with Crippen molar-refractivity contribution in [3.8, 4) is 0 Å². The van der Waals surface area contributed by atoms with Crippen LogP contribution in [0.4, 0.5) is 5.69 Å². The van der Waals surface area contributed by atoms with Gasteiger partial charge in [0, 0.05) is 18.3 Å². The predicted molar refractivity (Wildman–Crippen MR) is 84.6 cm³/mol. The van der Waals surface area contributed by atoms with Gasteiger partial charge in [-0.25, -0.2) is 0 Å². The number of carbonyl (C=O) groups excluding carboxylic acids is 2. The molecule has 0 N–H and O–H groups in total. The molecule has 2 heterocycles. The maximum Gasteiger partial charge on any atom is 0.252 e. The maximum atomic E-state index is 12.9. The van der Waals surface area contributed by atoms with Crippen molar-refractivity contribution in [2.75, 3.05) is 11.4 Å². The Morgan fingerprint density at radius 2 is 1.77 bits per heavy atom. The van der Waals surface area contributed by atoms with Gasteiger partial charge in [0.05, 0.1) is 6.42 Å². The lowest BCUT2D eigenvalue weighted by atomic mass is 9.94. The number of fused-ring (bicyclic) bond motifs is 1. The van der Waals surface area contributed by atoms with Crippen molar-refractivity contribution in [2.45, 2.75) is 57.0 Å². The predicted octanol–water partition coefficient (Wildman–Crippen LogP) is 2.51. The zero-order valence-corrected chi connectivity index (χ0v) is 12.8. The van der Waals surface area contributed by atoms with Crippen molar-refractivity contribution >= 4 is 17.5 Å². The molecule has 3 aliphatic rings. The number of likely N-dealkylation sites (tertiary alicyclic amines) is 1. The smallest absolute Gasteiger partial charge is 0.252 e. The highest BCUT2D eigenvalue weighted by atomic mass is 16.2. The first-order chi connectivity index (χ1) is 10.8. The number of nitrogens with zero attached hydrogens (tertiary/aromatic N) is 2. The number of imide groups is 1. The van der Waals surface area contributed by atoms with Crippen molar-refractivity contribution < 1.29 is 9.59 Å². The average Bonchev–Trinajstić information content (AvgIpc) is 3.09. The second-order valence-corrected chi connectivity index (χ2v) is 6.69. The van der Waals surface area contributed by atoms with Gasteiger partial charge in [-0.15, -0.1) is 0 Å². The van der Waals surface area contributed by atoms with Crippen LogP contribution in [0, 0.1) is 0 Å². The Morgan fingerprint density at radius 3 is 2.59 bits per heavy atom. The van der Waals surface area contributed by atoms with Gasteiger partial charge in [-0.1, -0.05) is 37.5 Å². The SMILES string of the molecule is O=C1C[C@@H](N2CCc3ccccc32)C(=O)N1C1CCCCC1. The summed E-state index contributed by atoms with van der Waals surface area (Å²) in [5, 5.41) is 0. The zero-order chi connectivity index (χ0) is 15.1. The van der Waals surface area contributed by atoms with Gasteiger partial charge >= 0.3 is 0 Å². The van der Waals surface area contributed by atoms with E-state index in [1.165, 1.54) is 12.0 Å². The lowest BCUT2D eigenvalue weighted by Crippen LogP contribution is -2.45. The van der Waals surface area contributed by atoms with Crippen molar-refractivity contribution in [3.05, 3.63) is 29.8 Å². The highest BCUT2D eigenvalue weighted by Gasteiger charge is 2.46. The minimum Gasteiger partial charge on any atom is -0.359 e. The van der Waals surface area contributed by atoms with Crippen LogP contribution in [0.3, 0.4) is 0 Å². The number of anilines is 1. The summed E-state index contributed by atoms with van der Waals surface area (Å²) in [4.78, 5) is 29.1. The Labute approximate surface area is 131 Å². The molecule has 4 heteroatoms. The van der Waals surface area contributed by atoms with E-state index in [0.717, 1.165) is 44.3 Å². The first-order valence-electron chi connectivity index (χ1n) is 8.46. The van der Waals surface area contributed by atoms with Crippen LogP contribution in [0.1, 0.15) is 44.1 Å². The van der Waals surface area contributed by atoms with Gasteiger partial charge in [-0.2, -0.15) is 0 Å². The number of para-hydroxylation sites is 1. The highest BCUT2D eigenvalue weighted by molar-refractivity contribution is 6.07. The number of amides is 2. The molecule has 1 saturated heterocycles. The fraction of sp³-hybridized carbons (Fsp3) is 0.556. The molecule has 0 bridgehead atoms. The summed E-state index contributed by atoms with van der Waals surface area (Å²) in [6, 6.07) is 8.11. The molecule has 0 spiro atoms. The Morgan fingerprint density at radius 1 is 1.00 bits per heavy atom. The van der Waals surface area contributed by atoms with E-state index in [4.69, 9.17) is 0 Å². The minimum atomic E-state index is -0.280. The van der Waals surface area contributed by atoms with Gasteiger partial charge in [0.1, 0.15) is 6.04 Å². The van der Waals surface area contributed by atoms with E-state index in [-0.39, 0.29) is 23.9 Å². The van der Waals surface area contributed by atoms with Crippen LogP contribution >= 0.6 is 0 Å². The van der Waals surface area contributed by atoms with E-state index in [1.807, 2.05) is 12.1 Å². The summed E-state index contributed by atoms with van der Waals surface area (Å²) in [6.45, 7) is 0.849. The van der Waals surface area contributed by atoms with Crippen molar-refractivity contribution in [1.82, 2.24) is 4.90 Å². The molecule has 1 saturated carbocycles. The normalized spacial score (nSPS) is 25.9. The highest BCUT2D eigenvalue weighted by Crippen LogP contribution is 2.35. The van der Waals surface area contributed by atoms with Crippen LogP contribution in [-0.4, -0.2) is 35.3 Å². The number of hydrogen-bond donors (Lipinski definition) is 0. The van der Waals surface area contributed by atoms with Crippen molar-refractivity contribution in [3.63, 3.8) is 0 Å². The Kier molecular flexibility index (Phi) is 3.40. The van der Waals surface area contributed by atoms with Crippen LogP contribution in [-0.2, 0) is 16.0 Å². The molecular formula is C18H22N2O2. The molecule has 0 radical (unpaired) electrons. The zero-order valence-electron chi connectivity index (χ0n) is 12.8. The third kappa shape index (κ3) is 2.13. The lowest BCUT2D eigenvalue weighted by molar-refractivity contribution is -0.142. The minimum absolute atomic E-state index is 0.0336. The van der Waals surface area contributed by atoms with Gasteiger partial charge in [0.2, 0.25) is 5.91 Å². The van der Waals surface area contributed by atoms with E-state index in [2.05, 4.69) is 17.0 Å². The lowest BCUT2D eigenvalue weighted by Gasteiger charge is -2.31. The van der Waals surface area contributed by atoms with Gasteiger partial charge < -0.3 is 4.90 Å². The molecule has 0 unspecified atom stereocenters. The summed E-state index contributed by atoms with van der Waals surface area (Å²) >= 11 is 0. The van der Waals surface area contributed by atoms with Crippen LogP contribution in [0.5, 0.6) is 0 Å². The molecule has 1 atom stereocenters. The molecule has 1 aliphatic carbocycles. The summed E-state index contributed by atoms with van der Waals surface area (Å²) in [7, 11) is 0. The molecule has 1 aromatic rings. The molecule has 22 heavy (non-hydrogen) atoms. The number of rotatable bonds is 2. The molecule has 0 aromatic heterocycles. The largest absolute Gasteiger partial charge is 0.359 e. The molecule has 4 rings (SSSR count). The Balaban J connectivity index is 1.57. The molecule has 1 aromatic carbocycles. The van der Waals surface area contributed by atoms with Crippen LogP contribution in [0.25, 0.3) is 0 Å². The first-order valence-corrected chi connectivity index (χ1v) is 8.46. The van der Waals surface area contributed by atoms with E-state index >= 15 is 0 Å². The van der Waals surface area contributed by atoms with Gasteiger partial charge in [-0.05, 0) is 30.9 Å². The van der Waals surface area contributed by atoms with Crippen LogP contribution in [0.2, 0.25) is 0 Å². The first kappa shape index (κ1) is 13.8. The third-order valence-electron chi connectivity index (χ3n) is 5.40. The third-order valence-corrected chi connectivity index (χ3v) is 5.40. The summed E-state index contributed by atoms with van der Waals surface area (Å²) in [6.07, 6.45) is 6.80. The molecular weight excluding hydrogens is 276 g/mol. The average molecular weight is 298 g/mol. The maximum absolute atomic E-state index is 12.9. The molecule has 116 valence electrons. The van der Waals surface area contributed by atoms with Crippen molar-refractivity contribution in [1.29, 1.82) is 0 Å². The Hall–Kier alpha value is -1.84. The summed E-state index contributed by atoms with van der Waals surface area (Å²) < 4.78 is 0. The molecule has 2 amide bonds. The second-order valence-electron chi connectivity index (χ2n) is 6.69. The second kappa shape index (κ2) is 5.41. The van der Waals surface area contributed by atoms with Crippen molar-refractivity contribution in [2.24, 2.45) is 0 Å². The van der Waals surface area contributed by atoms with Crippen LogP contribution in [0.15, 0.2) is 24.3 Å². The summed E-state index contributed by atoms with van der Waals surface area (Å²) in [5.74, 6) is 0.0693. The van der Waals surface area contributed by atoms with E-state index in [0.29, 0.717) is 6.42 Å². The van der Waals surface area contributed by atoms with E-state index < -0.39 is 0 Å².